The molecule has 2 rings (SSSR count). The van der Waals surface area contributed by atoms with Gasteiger partial charge in [-0.2, -0.15) is 0 Å². The first-order chi connectivity index (χ1) is 9.47. The lowest BCUT2D eigenvalue weighted by atomic mass is 9.92. The average Bonchev–Trinajstić information content (AvgIpc) is 2.42. The molecule has 0 aromatic heterocycles. The molecule has 2 aromatic rings. The lowest BCUT2D eigenvalue weighted by Gasteiger charge is -2.23. The zero-order valence-electron chi connectivity index (χ0n) is 11.1. The number of carbonyl (C=O) groups is 1. The van der Waals surface area contributed by atoms with E-state index in [-0.39, 0.29) is 12.3 Å². The quantitative estimate of drug-likeness (QED) is 0.904. The van der Waals surface area contributed by atoms with Gasteiger partial charge in [0.25, 0.3) is 0 Å². The Bertz CT molecular complexity index is 579. The van der Waals surface area contributed by atoms with Crippen LogP contribution in [0, 0.1) is 0 Å². The van der Waals surface area contributed by atoms with Crippen molar-refractivity contribution in [1.82, 2.24) is 0 Å². The minimum atomic E-state index is -1.20. The largest absolute Gasteiger partial charge is 0.385 e. The molecule has 0 heterocycles. The summed E-state index contributed by atoms with van der Waals surface area (Å²) in [5.74, 6) is -0.249. The van der Waals surface area contributed by atoms with Crippen LogP contribution in [0.4, 0.5) is 5.69 Å². The number of hydrogen-bond donors (Lipinski definition) is 2. The Morgan fingerprint density at radius 2 is 1.75 bits per heavy atom. The number of anilines is 1. The fraction of sp³-hybridized carbons (Fsp3) is 0.188. The summed E-state index contributed by atoms with van der Waals surface area (Å²) in [6.07, 6.45) is -0.0142. The number of amides is 1. The van der Waals surface area contributed by atoms with Gasteiger partial charge in [0, 0.05) is 10.7 Å². The molecule has 104 valence electrons. The molecule has 1 atom stereocenters. The van der Waals surface area contributed by atoms with Crippen molar-refractivity contribution < 1.29 is 9.90 Å². The van der Waals surface area contributed by atoms with Gasteiger partial charge in [0.1, 0.15) is 0 Å². The minimum absolute atomic E-state index is 0.0142. The molecule has 2 N–H and O–H groups in total. The smallest absolute Gasteiger partial charge is 0.227 e. The molecule has 20 heavy (non-hydrogen) atoms. The van der Waals surface area contributed by atoms with E-state index in [1.807, 2.05) is 18.2 Å². The Kier molecular flexibility index (Phi) is 4.42. The zero-order valence-corrected chi connectivity index (χ0v) is 11.9. The monoisotopic (exact) mass is 289 g/mol. The topological polar surface area (TPSA) is 49.3 Å². The Hall–Kier alpha value is -1.84. The number of nitrogens with one attached hydrogen (secondary N) is 1. The van der Waals surface area contributed by atoms with Crippen LogP contribution in [0.2, 0.25) is 5.02 Å². The number of halogens is 1. The summed E-state index contributed by atoms with van der Waals surface area (Å²) in [5, 5.41) is 13.7. The molecule has 3 nitrogen and oxygen atoms in total. The first-order valence-electron chi connectivity index (χ1n) is 6.31. The number of carbonyl (C=O) groups excluding carboxylic acids is 1. The van der Waals surface area contributed by atoms with Crippen LogP contribution in [0.1, 0.15) is 18.9 Å². The summed E-state index contributed by atoms with van der Waals surface area (Å²) in [7, 11) is 0. The standard InChI is InChI=1S/C16H16ClNO2/c1-16(20,12-5-3-2-4-6-12)11-15(19)18-14-9-7-13(17)8-10-14/h2-10,20H,11H2,1H3,(H,18,19). The van der Waals surface area contributed by atoms with E-state index in [0.717, 1.165) is 0 Å². The van der Waals surface area contributed by atoms with E-state index in [1.165, 1.54) is 0 Å². The van der Waals surface area contributed by atoms with Crippen LogP contribution in [-0.4, -0.2) is 11.0 Å². The Labute approximate surface area is 123 Å². The van der Waals surface area contributed by atoms with Crippen LogP contribution >= 0.6 is 11.6 Å². The second-order valence-corrected chi connectivity index (χ2v) is 5.31. The van der Waals surface area contributed by atoms with E-state index in [4.69, 9.17) is 11.6 Å². The fourth-order valence-electron chi connectivity index (χ4n) is 1.95. The van der Waals surface area contributed by atoms with Crippen molar-refractivity contribution in [3.8, 4) is 0 Å². The third-order valence-corrected chi connectivity index (χ3v) is 3.28. The van der Waals surface area contributed by atoms with E-state index in [9.17, 15) is 9.90 Å². The van der Waals surface area contributed by atoms with Crippen molar-refractivity contribution in [3.05, 3.63) is 65.2 Å². The number of hydrogen-bond acceptors (Lipinski definition) is 2. The summed E-state index contributed by atoms with van der Waals surface area (Å²) in [6, 6.07) is 16.0. The van der Waals surface area contributed by atoms with Gasteiger partial charge in [-0.15, -0.1) is 0 Å². The predicted octanol–water partition coefficient (Wildman–Crippen LogP) is 3.58. The van der Waals surface area contributed by atoms with E-state index in [0.29, 0.717) is 16.3 Å². The predicted molar refractivity (Wildman–Crippen MR) is 80.7 cm³/mol. The SMILES string of the molecule is CC(O)(CC(=O)Nc1ccc(Cl)cc1)c1ccccc1. The van der Waals surface area contributed by atoms with E-state index in [1.54, 1.807) is 43.3 Å². The van der Waals surface area contributed by atoms with Crippen molar-refractivity contribution in [2.75, 3.05) is 5.32 Å². The zero-order chi connectivity index (χ0) is 14.6. The number of aliphatic hydroxyl groups is 1. The summed E-state index contributed by atoms with van der Waals surface area (Å²) < 4.78 is 0. The van der Waals surface area contributed by atoms with Gasteiger partial charge in [0.15, 0.2) is 0 Å². The van der Waals surface area contributed by atoms with Crippen LogP contribution in [0.15, 0.2) is 54.6 Å². The molecule has 0 aliphatic heterocycles. The third kappa shape index (κ3) is 3.83. The highest BCUT2D eigenvalue weighted by Gasteiger charge is 2.26. The van der Waals surface area contributed by atoms with E-state index in [2.05, 4.69) is 5.32 Å². The van der Waals surface area contributed by atoms with Crippen molar-refractivity contribution in [2.45, 2.75) is 18.9 Å². The Morgan fingerprint density at radius 3 is 2.35 bits per heavy atom. The summed E-state index contributed by atoms with van der Waals surface area (Å²) in [5.41, 5.74) is 0.173. The highest BCUT2D eigenvalue weighted by molar-refractivity contribution is 6.30. The highest BCUT2D eigenvalue weighted by Crippen LogP contribution is 2.24. The summed E-state index contributed by atoms with van der Waals surface area (Å²) in [6.45, 7) is 1.63. The van der Waals surface area contributed by atoms with E-state index < -0.39 is 5.60 Å². The van der Waals surface area contributed by atoms with Gasteiger partial charge in [-0.1, -0.05) is 41.9 Å². The molecule has 4 heteroatoms. The Morgan fingerprint density at radius 1 is 1.15 bits per heavy atom. The second kappa shape index (κ2) is 6.07. The maximum absolute atomic E-state index is 12.0. The molecular formula is C16H16ClNO2. The van der Waals surface area contributed by atoms with Crippen molar-refractivity contribution in [2.24, 2.45) is 0 Å². The summed E-state index contributed by atoms with van der Waals surface area (Å²) >= 11 is 5.78. The van der Waals surface area contributed by atoms with Gasteiger partial charge in [0.05, 0.1) is 12.0 Å². The fourth-order valence-corrected chi connectivity index (χ4v) is 2.08. The maximum Gasteiger partial charge on any atom is 0.227 e. The first kappa shape index (κ1) is 14.6. The number of benzene rings is 2. The van der Waals surface area contributed by atoms with Gasteiger partial charge in [-0.3, -0.25) is 4.79 Å². The van der Waals surface area contributed by atoms with Crippen molar-refractivity contribution in [3.63, 3.8) is 0 Å². The maximum atomic E-state index is 12.0. The molecule has 0 spiro atoms. The van der Waals surface area contributed by atoms with E-state index >= 15 is 0 Å². The van der Waals surface area contributed by atoms with Crippen molar-refractivity contribution >= 4 is 23.2 Å². The second-order valence-electron chi connectivity index (χ2n) is 4.87. The molecule has 0 saturated carbocycles. The molecular weight excluding hydrogens is 274 g/mol. The molecule has 0 fully saturated rings. The molecule has 1 amide bonds. The lowest BCUT2D eigenvalue weighted by molar-refractivity contribution is -0.120. The third-order valence-electron chi connectivity index (χ3n) is 3.03. The minimum Gasteiger partial charge on any atom is -0.385 e. The van der Waals surface area contributed by atoms with Crippen LogP contribution in [0.3, 0.4) is 0 Å². The van der Waals surface area contributed by atoms with Crippen LogP contribution < -0.4 is 5.32 Å². The van der Waals surface area contributed by atoms with Crippen LogP contribution in [0.5, 0.6) is 0 Å². The molecule has 0 aliphatic carbocycles. The number of rotatable bonds is 4. The lowest BCUT2D eigenvalue weighted by Crippen LogP contribution is -2.28. The van der Waals surface area contributed by atoms with Gasteiger partial charge >= 0.3 is 0 Å². The van der Waals surface area contributed by atoms with Gasteiger partial charge in [-0.05, 0) is 36.8 Å². The molecule has 0 bridgehead atoms. The molecule has 0 saturated heterocycles. The molecule has 0 aliphatic rings. The molecule has 1 unspecified atom stereocenters. The summed E-state index contributed by atoms with van der Waals surface area (Å²) in [4.78, 5) is 12.0. The van der Waals surface area contributed by atoms with Crippen LogP contribution in [-0.2, 0) is 10.4 Å². The highest BCUT2D eigenvalue weighted by atomic mass is 35.5. The molecule has 0 radical (unpaired) electrons. The van der Waals surface area contributed by atoms with Gasteiger partial charge < -0.3 is 10.4 Å². The normalized spacial score (nSPS) is 13.6. The van der Waals surface area contributed by atoms with Crippen molar-refractivity contribution in [1.29, 1.82) is 0 Å². The van der Waals surface area contributed by atoms with Gasteiger partial charge in [-0.25, -0.2) is 0 Å². The average molecular weight is 290 g/mol. The van der Waals surface area contributed by atoms with Crippen LogP contribution in [0.25, 0.3) is 0 Å². The molecule has 2 aromatic carbocycles. The Balaban J connectivity index is 2.02. The van der Waals surface area contributed by atoms with Gasteiger partial charge in [0.2, 0.25) is 5.91 Å². The first-order valence-corrected chi connectivity index (χ1v) is 6.68.